The van der Waals surface area contributed by atoms with Crippen molar-refractivity contribution < 1.29 is 4.74 Å². The second kappa shape index (κ2) is 10.4. The number of guanidine groups is 1. The molecule has 0 amide bonds. The van der Waals surface area contributed by atoms with Crippen LogP contribution in [0, 0.1) is 5.92 Å². The summed E-state index contributed by atoms with van der Waals surface area (Å²) < 4.78 is 5.63. The Kier molecular flexibility index (Phi) is 8.51. The average molecular weight is 480 g/mol. The van der Waals surface area contributed by atoms with Crippen molar-refractivity contribution in [2.45, 2.75) is 25.3 Å². The highest BCUT2D eigenvalue weighted by molar-refractivity contribution is 14.0. The quantitative estimate of drug-likeness (QED) is 0.272. The molecule has 1 aromatic rings. The largest absolute Gasteiger partial charge is 0.379 e. The van der Waals surface area contributed by atoms with Crippen LogP contribution in [0.5, 0.6) is 0 Å². The minimum absolute atomic E-state index is 0. The third kappa shape index (κ3) is 6.45. The van der Waals surface area contributed by atoms with Gasteiger partial charge >= 0.3 is 0 Å². The average Bonchev–Trinajstić information content (AvgIpc) is 3.31. The maximum atomic E-state index is 6.24. The highest BCUT2D eigenvalue weighted by atomic mass is 127. The van der Waals surface area contributed by atoms with E-state index in [1.54, 1.807) is 13.2 Å². The molecule has 1 unspecified atom stereocenters. The Morgan fingerprint density at radius 1 is 1.44 bits per heavy atom. The molecule has 1 aromatic heterocycles. The van der Waals surface area contributed by atoms with Crippen LogP contribution in [0.1, 0.15) is 19.3 Å². The van der Waals surface area contributed by atoms with E-state index in [1.807, 2.05) is 12.1 Å². The Labute approximate surface area is 171 Å². The minimum Gasteiger partial charge on any atom is -0.379 e. The van der Waals surface area contributed by atoms with Crippen LogP contribution in [0.4, 0.5) is 5.82 Å². The van der Waals surface area contributed by atoms with Crippen molar-refractivity contribution in [2.75, 3.05) is 44.8 Å². The fourth-order valence-corrected chi connectivity index (χ4v) is 3.09. The monoisotopic (exact) mass is 479 g/mol. The van der Waals surface area contributed by atoms with Gasteiger partial charge in [0.1, 0.15) is 5.82 Å². The van der Waals surface area contributed by atoms with E-state index in [2.05, 4.69) is 25.5 Å². The first kappa shape index (κ1) is 20.5. The number of aliphatic imine (C=N–C) groups is 1. The number of nitrogens with one attached hydrogen (secondary N) is 2. The van der Waals surface area contributed by atoms with Crippen LogP contribution >= 0.6 is 35.6 Å². The highest BCUT2D eigenvalue weighted by Gasteiger charge is 2.25. The topological polar surface area (TPSA) is 61.8 Å². The molecular formula is C17H27ClIN5O. The van der Waals surface area contributed by atoms with Crippen LogP contribution in [0.3, 0.4) is 0 Å². The number of nitrogens with zero attached hydrogens (tertiary/aromatic N) is 3. The summed E-state index contributed by atoms with van der Waals surface area (Å²) >= 11 is 6.24. The van der Waals surface area contributed by atoms with Crippen molar-refractivity contribution in [3.63, 3.8) is 0 Å². The van der Waals surface area contributed by atoms with Gasteiger partial charge in [0.25, 0.3) is 0 Å². The third-order valence-electron chi connectivity index (χ3n) is 4.38. The van der Waals surface area contributed by atoms with Crippen LogP contribution in [-0.2, 0) is 4.74 Å². The summed E-state index contributed by atoms with van der Waals surface area (Å²) in [6, 6.07) is 4.07. The van der Waals surface area contributed by atoms with Crippen molar-refractivity contribution >= 4 is 47.4 Å². The smallest absolute Gasteiger partial charge is 0.191 e. The second-order valence-corrected chi connectivity index (χ2v) is 6.81. The van der Waals surface area contributed by atoms with Gasteiger partial charge in [-0.25, -0.2) is 4.98 Å². The van der Waals surface area contributed by atoms with Crippen molar-refractivity contribution in [3.8, 4) is 0 Å². The SMILES string of the molecule is CN=C(NCCOCC1CC1)NC1CCN(c2ncccc2Cl)C1.I. The summed E-state index contributed by atoms with van der Waals surface area (Å²) in [6.07, 6.45) is 5.47. The lowest BCUT2D eigenvalue weighted by Gasteiger charge is -2.20. The van der Waals surface area contributed by atoms with Gasteiger partial charge in [-0.3, -0.25) is 4.99 Å². The van der Waals surface area contributed by atoms with Gasteiger partial charge in [0.15, 0.2) is 5.96 Å². The fourth-order valence-electron chi connectivity index (χ4n) is 2.84. The van der Waals surface area contributed by atoms with E-state index in [1.165, 1.54) is 12.8 Å². The van der Waals surface area contributed by atoms with Crippen LogP contribution in [-0.4, -0.2) is 56.9 Å². The highest BCUT2D eigenvalue weighted by Crippen LogP contribution is 2.28. The van der Waals surface area contributed by atoms with Crippen molar-refractivity contribution in [1.29, 1.82) is 0 Å². The summed E-state index contributed by atoms with van der Waals surface area (Å²) in [5.74, 6) is 2.49. The van der Waals surface area contributed by atoms with Gasteiger partial charge < -0.3 is 20.3 Å². The van der Waals surface area contributed by atoms with E-state index in [0.717, 1.165) is 57.0 Å². The number of hydrogen-bond acceptors (Lipinski definition) is 4. The van der Waals surface area contributed by atoms with E-state index in [-0.39, 0.29) is 24.0 Å². The predicted octanol–water partition coefficient (Wildman–Crippen LogP) is 2.52. The van der Waals surface area contributed by atoms with Gasteiger partial charge in [0.05, 0.1) is 11.6 Å². The van der Waals surface area contributed by atoms with E-state index in [0.29, 0.717) is 11.1 Å². The van der Waals surface area contributed by atoms with Crippen LogP contribution in [0.25, 0.3) is 0 Å². The Morgan fingerprint density at radius 3 is 3.00 bits per heavy atom. The zero-order valence-corrected chi connectivity index (χ0v) is 17.7. The molecule has 140 valence electrons. The number of ether oxygens (including phenoxy) is 1. The minimum atomic E-state index is 0. The Morgan fingerprint density at radius 2 is 2.28 bits per heavy atom. The van der Waals surface area contributed by atoms with Crippen molar-refractivity contribution in [2.24, 2.45) is 10.9 Å². The van der Waals surface area contributed by atoms with Gasteiger partial charge in [0, 0.05) is 45.5 Å². The molecule has 0 bridgehead atoms. The number of pyridine rings is 1. The summed E-state index contributed by atoms with van der Waals surface area (Å²) in [4.78, 5) is 10.9. The summed E-state index contributed by atoms with van der Waals surface area (Å²) in [6.45, 7) is 4.20. The first-order valence-electron chi connectivity index (χ1n) is 8.66. The van der Waals surface area contributed by atoms with E-state index in [9.17, 15) is 0 Å². The molecule has 25 heavy (non-hydrogen) atoms. The van der Waals surface area contributed by atoms with Crippen molar-refractivity contribution in [1.82, 2.24) is 15.6 Å². The van der Waals surface area contributed by atoms with Crippen LogP contribution in [0.15, 0.2) is 23.3 Å². The number of hydrogen-bond donors (Lipinski definition) is 2. The zero-order valence-electron chi connectivity index (χ0n) is 14.6. The van der Waals surface area contributed by atoms with E-state index >= 15 is 0 Å². The maximum absolute atomic E-state index is 6.24. The lowest BCUT2D eigenvalue weighted by molar-refractivity contribution is 0.129. The number of halogens is 2. The standard InChI is InChI=1S/C17H26ClN5O.HI/c1-19-17(21-8-10-24-12-13-4-5-13)22-14-6-9-23(11-14)16-15(18)3-2-7-20-16;/h2-3,7,13-14H,4-6,8-12H2,1H3,(H2,19,21,22);1H. The van der Waals surface area contributed by atoms with Crippen LogP contribution < -0.4 is 15.5 Å². The molecule has 8 heteroatoms. The van der Waals surface area contributed by atoms with Gasteiger partial charge in [-0.2, -0.15) is 0 Å². The first-order valence-corrected chi connectivity index (χ1v) is 9.04. The van der Waals surface area contributed by atoms with Gasteiger partial charge in [-0.1, -0.05) is 11.6 Å². The number of aromatic nitrogens is 1. The van der Waals surface area contributed by atoms with Gasteiger partial charge in [-0.05, 0) is 37.3 Å². The second-order valence-electron chi connectivity index (χ2n) is 6.40. The lowest BCUT2D eigenvalue weighted by atomic mass is 10.3. The van der Waals surface area contributed by atoms with Gasteiger partial charge in [-0.15, -0.1) is 24.0 Å². The molecule has 2 N–H and O–H groups in total. The summed E-state index contributed by atoms with van der Waals surface area (Å²) in [7, 11) is 1.79. The Hall–Kier alpha value is -0.800. The molecule has 1 saturated carbocycles. The lowest BCUT2D eigenvalue weighted by Crippen LogP contribution is -2.45. The Bertz CT molecular complexity index is 570. The molecule has 2 fully saturated rings. The molecule has 1 atom stereocenters. The van der Waals surface area contributed by atoms with Crippen LogP contribution in [0.2, 0.25) is 5.02 Å². The van der Waals surface area contributed by atoms with E-state index < -0.39 is 0 Å². The molecule has 1 aliphatic carbocycles. The maximum Gasteiger partial charge on any atom is 0.191 e. The molecule has 2 heterocycles. The molecular weight excluding hydrogens is 453 g/mol. The first-order chi connectivity index (χ1) is 11.8. The molecule has 6 nitrogen and oxygen atoms in total. The number of anilines is 1. The zero-order chi connectivity index (χ0) is 16.8. The van der Waals surface area contributed by atoms with E-state index in [4.69, 9.17) is 16.3 Å². The van der Waals surface area contributed by atoms with Gasteiger partial charge in [0.2, 0.25) is 0 Å². The molecule has 0 spiro atoms. The van der Waals surface area contributed by atoms with Crippen molar-refractivity contribution in [3.05, 3.63) is 23.4 Å². The normalized spacial score (nSPS) is 20.3. The molecule has 1 aliphatic heterocycles. The number of rotatable bonds is 7. The Balaban J connectivity index is 0.00000225. The third-order valence-corrected chi connectivity index (χ3v) is 4.68. The molecule has 1 saturated heterocycles. The summed E-state index contributed by atoms with van der Waals surface area (Å²) in [5.41, 5.74) is 0. The molecule has 0 aromatic carbocycles. The molecule has 3 rings (SSSR count). The fraction of sp³-hybridized carbons (Fsp3) is 0.647. The predicted molar refractivity (Wildman–Crippen MR) is 113 cm³/mol. The summed E-state index contributed by atoms with van der Waals surface area (Å²) in [5, 5.41) is 7.48. The molecule has 0 radical (unpaired) electrons. The molecule has 2 aliphatic rings.